The molecule has 0 unspecified atom stereocenters. The first-order valence-electron chi connectivity index (χ1n) is 5.86. The van der Waals surface area contributed by atoms with E-state index in [0.29, 0.717) is 0 Å². The minimum Gasteiger partial charge on any atom is -0.242 e. The fourth-order valence-corrected chi connectivity index (χ4v) is 5.24. The van der Waals surface area contributed by atoms with Gasteiger partial charge in [-0.1, -0.05) is 60.7 Å². The van der Waals surface area contributed by atoms with E-state index in [4.69, 9.17) is 0 Å². The van der Waals surface area contributed by atoms with Crippen LogP contribution in [0.3, 0.4) is 0 Å². The third-order valence-corrected chi connectivity index (χ3v) is 8.39. The van der Waals surface area contributed by atoms with Gasteiger partial charge in [-0.2, -0.15) is 0 Å². The van der Waals surface area contributed by atoms with E-state index in [0.717, 1.165) is 0 Å². The highest BCUT2D eigenvalue weighted by molar-refractivity contribution is 8.62. The fraction of sp³-hybridized carbons (Fsp3) is 0.250. The topological polar surface area (TPSA) is 0 Å². The first-order valence-corrected chi connectivity index (χ1v) is 9.95. The van der Waals surface area contributed by atoms with Crippen LogP contribution in [0.4, 0.5) is 0 Å². The molecule has 1 heteroatoms. The Bertz CT molecular complexity index is 471. The van der Waals surface area contributed by atoms with E-state index in [-0.39, 0.29) is 0 Å². The zero-order valence-electron chi connectivity index (χ0n) is 11.2. The summed E-state index contributed by atoms with van der Waals surface area (Å²) >= 11 is 0. The molecule has 2 rings (SSSR count). The molecular formula is C16H22S. The first-order chi connectivity index (χ1) is 7.74. The molecule has 2 aromatic rings. The third kappa shape index (κ3) is 2.00. The average Bonchev–Trinajstić information content (AvgIpc) is 2.30. The lowest BCUT2D eigenvalue weighted by Crippen LogP contribution is -2.31. The van der Waals surface area contributed by atoms with Crippen LogP contribution in [0.5, 0.6) is 0 Å². The van der Waals surface area contributed by atoms with Crippen molar-refractivity contribution in [3.63, 3.8) is 0 Å². The van der Waals surface area contributed by atoms with E-state index in [1.165, 1.54) is 9.79 Å². The Hall–Kier alpha value is -1.21. The molecule has 0 spiro atoms. The summed E-state index contributed by atoms with van der Waals surface area (Å²) in [6, 6.07) is 21.8. The van der Waals surface area contributed by atoms with Gasteiger partial charge in [-0.3, -0.25) is 0 Å². The van der Waals surface area contributed by atoms with Crippen molar-refractivity contribution in [1.82, 2.24) is 0 Å². The van der Waals surface area contributed by atoms with Gasteiger partial charge in [0.05, 0.1) is 0 Å². The van der Waals surface area contributed by atoms with Crippen LogP contribution in [0.1, 0.15) is 0 Å². The quantitative estimate of drug-likeness (QED) is 0.732. The number of hydrogen-bond acceptors (Lipinski definition) is 0. The molecule has 0 aliphatic carbocycles. The highest BCUT2D eigenvalue weighted by Gasteiger charge is 2.45. The Morgan fingerprint density at radius 1 is 0.529 bits per heavy atom. The van der Waals surface area contributed by atoms with Gasteiger partial charge in [-0.15, -0.1) is 0 Å². The number of benzene rings is 2. The van der Waals surface area contributed by atoms with Crippen LogP contribution >= 0.6 is 8.29 Å². The average molecular weight is 246 g/mol. The summed E-state index contributed by atoms with van der Waals surface area (Å²) in [5, 5.41) is 0. The molecular weight excluding hydrogens is 224 g/mol. The molecule has 0 saturated heterocycles. The van der Waals surface area contributed by atoms with Crippen LogP contribution in [0.25, 0.3) is 0 Å². The van der Waals surface area contributed by atoms with Gasteiger partial charge < -0.3 is 0 Å². The smallest absolute Gasteiger partial charge is 0.0194 e. The zero-order valence-corrected chi connectivity index (χ0v) is 12.0. The predicted molar refractivity (Wildman–Crippen MR) is 80.7 cm³/mol. The van der Waals surface area contributed by atoms with Gasteiger partial charge in [-0.05, 0) is 34.8 Å². The van der Waals surface area contributed by atoms with Crippen molar-refractivity contribution < 1.29 is 0 Å². The van der Waals surface area contributed by atoms with E-state index in [2.05, 4.69) is 85.7 Å². The van der Waals surface area contributed by atoms with Gasteiger partial charge in [0, 0.05) is 0 Å². The maximum atomic E-state index is 2.42. The molecule has 0 heterocycles. The van der Waals surface area contributed by atoms with Crippen LogP contribution in [0, 0.1) is 0 Å². The predicted octanol–water partition coefficient (Wildman–Crippen LogP) is 4.50. The monoisotopic (exact) mass is 246 g/mol. The molecule has 0 radical (unpaired) electrons. The van der Waals surface area contributed by atoms with Crippen molar-refractivity contribution >= 4 is 8.29 Å². The molecule has 0 saturated carbocycles. The molecule has 0 atom stereocenters. The summed E-state index contributed by atoms with van der Waals surface area (Å²) in [6.45, 7) is 0. The largest absolute Gasteiger partial charge is 0.242 e. The lowest BCUT2D eigenvalue weighted by atomic mass is 10.4. The summed E-state index contributed by atoms with van der Waals surface area (Å²) in [5.74, 6) is 0. The van der Waals surface area contributed by atoms with Crippen LogP contribution in [0.2, 0.25) is 0 Å². The second-order valence-electron chi connectivity index (χ2n) is 6.81. The van der Waals surface area contributed by atoms with Crippen LogP contribution in [-0.4, -0.2) is 25.0 Å². The van der Waals surface area contributed by atoms with Gasteiger partial charge in [0.2, 0.25) is 0 Å². The maximum Gasteiger partial charge on any atom is -0.0194 e. The van der Waals surface area contributed by atoms with E-state index in [9.17, 15) is 0 Å². The molecule has 2 aromatic carbocycles. The molecule has 92 valence electrons. The van der Waals surface area contributed by atoms with Crippen molar-refractivity contribution in [2.45, 2.75) is 9.79 Å². The summed E-state index contributed by atoms with van der Waals surface area (Å²) in [7, 11) is -2.38. The summed E-state index contributed by atoms with van der Waals surface area (Å²) in [6.07, 6.45) is 9.69. The number of rotatable bonds is 2. The minimum atomic E-state index is -2.38. The summed E-state index contributed by atoms with van der Waals surface area (Å²) in [5.41, 5.74) is 0. The molecule has 17 heavy (non-hydrogen) atoms. The Kier molecular flexibility index (Phi) is 2.28. The Morgan fingerprint density at radius 3 is 1.12 bits per heavy atom. The van der Waals surface area contributed by atoms with Crippen molar-refractivity contribution in [3.05, 3.63) is 60.7 Å². The first kappa shape index (κ1) is 12.3. The standard InChI is InChI=1S/C16H22S/c1-17(2,3,4,15-11-7-5-8-12-15)16-13-9-6-10-14-16/h5-14H,1-4H3. The second kappa shape index (κ2) is 3.17. The maximum absolute atomic E-state index is 2.42. The molecule has 0 aliphatic rings. The molecule has 0 fully saturated rings. The van der Waals surface area contributed by atoms with Gasteiger partial charge >= 0.3 is 0 Å². The van der Waals surface area contributed by atoms with E-state index >= 15 is 0 Å². The highest BCUT2D eigenvalue weighted by atomic mass is 32.4. The molecule has 0 nitrogen and oxygen atoms in total. The Balaban J connectivity index is 2.76. The third-order valence-electron chi connectivity index (χ3n) is 3.61. The Morgan fingerprint density at radius 2 is 0.824 bits per heavy atom. The molecule has 0 bridgehead atoms. The fourth-order valence-electron chi connectivity index (χ4n) is 2.20. The van der Waals surface area contributed by atoms with Crippen molar-refractivity contribution in [1.29, 1.82) is 0 Å². The van der Waals surface area contributed by atoms with Crippen molar-refractivity contribution in [3.8, 4) is 0 Å². The zero-order chi connectivity index (χ0) is 12.6. The van der Waals surface area contributed by atoms with Gasteiger partial charge in [0.25, 0.3) is 0 Å². The second-order valence-corrected chi connectivity index (χ2v) is 16.1. The minimum absolute atomic E-state index is 1.44. The molecule has 0 N–H and O–H groups in total. The van der Waals surface area contributed by atoms with E-state index in [1.54, 1.807) is 0 Å². The van der Waals surface area contributed by atoms with Crippen molar-refractivity contribution in [2.24, 2.45) is 0 Å². The number of hydrogen-bond donors (Lipinski definition) is 0. The molecule has 0 amide bonds. The SMILES string of the molecule is CS(C)(C)(C)(c1ccccc1)c1ccccc1. The Labute approximate surface area is 104 Å². The molecule has 0 aliphatic heterocycles. The summed E-state index contributed by atoms with van der Waals surface area (Å²) in [4.78, 5) is 2.89. The molecule has 0 aromatic heterocycles. The normalized spacial score (nSPS) is 16.0. The van der Waals surface area contributed by atoms with Crippen molar-refractivity contribution in [2.75, 3.05) is 25.0 Å². The highest BCUT2D eigenvalue weighted by Crippen LogP contribution is 2.89. The van der Waals surface area contributed by atoms with E-state index < -0.39 is 8.29 Å². The van der Waals surface area contributed by atoms with Crippen LogP contribution < -0.4 is 0 Å². The van der Waals surface area contributed by atoms with Crippen LogP contribution in [-0.2, 0) is 0 Å². The van der Waals surface area contributed by atoms with Gasteiger partial charge in [0.1, 0.15) is 0 Å². The van der Waals surface area contributed by atoms with Crippen LogP contribution in [0.15, 0.2) is 70.5 Å². The lowest BCUT2D eigenvalue weighted by Gasteiger charge is -2.69. The van der Waals surface area contributed by atoms with Gasteiger partial charge in [-0.25, -0.2) is 8.29 Å². The summed E-state index contributed by atoms with van der Waals surface area (Å²) < 4.78 is 0. The van der Waals surface area contributed by atoms with E-state index in [1.807, 2.05) is 0 Å². The lowest BCUT2D eigenvalue weighted by molar-refractivity contribution is 1.28. The van der Waals surface area contributed by atoms with Gasteiger partial charge in [0.15, 0.2) is 0 Å².